The van der Waals surface area contributed by atoms with E-state index in [1.165, 1.54) is 0 Å². The fourth-order valence-corrected chi connectivity index (χ4v) is 0.729. The van der Waals surface area contributed by atoms with E-state index < -0.39 is 0 Å². The first-order valence-electron chi connectivity index (χ1n) is 4.67. The molecule has 4 heteroatoms. The molecule has 78 valence electrons. The van der Waals surface area contributed by atoms with Gasteiger partial charge in [0.15, 0.2) is 0 Å². The van der Waals surface area contributed by atoms with Crippen LogP contribution >= 0.6 is 0 Å². The van der Waals surface area contributed by atoms with Crippen LogP contribution in [0.2, 0.25) is 0 Å². The van der Waals surface area contributed by atoms with Crippen LogP contribution in [0.5, 0.6) is 0 Å². The summed E-state index contributed by atoms with van der Waals surface area (Å²) in [5.74, 6) is -0.0414. The monoisotopic (exact) mass is 188 g/mol. The zero-order valence-corrected chi connectivity index (χ0v) is 8.94. The molecule has 0 aliphatic heterocycles. The smallest absolute Gasteiger partial charge is 0.236 e. The molecule has 0 saturated carbocycles. The van der Waals surface area contributed by atoms with Gasteiger partial charge >= 0.3 is 0 Å². The minimum Gasteiger partial charge on any atom is -0.350 e. The number of rotatable bonds is 6. The Labute approximate surface area is 80.0 Å². The van der Waals surface area contributed by atoms with Crippen LogP contribution in [-0.4, -0.2) is 24.6 Å². The molecular formula is C9H20N2O2. The largest absolute Gasteiger partial charge is 0.350 e. The quantitative estimate of drug-likeness (QED) is 0.479. The third kappa shape index (κ3) is 6.54. The SMILES string of the molecule is CCONCC(=O)NC(C)(C)CC. The van der Waals surface area contributed by atoms with Crippen molar-refractivity contribution in [1.29, 1.82) is 0 Å². The van der Waals surface area contributed by atoms with Crippen molar-refractivity contribution in [2.45, 2.75) is 39.7 Å². The van der Waals surface area contributed by atoms with Gasteiger partial charge in [-0.2, -0.15) is 5.48 Å². The van der Waals surface area contributed by atoms with E-state index in [0.29, 0.717) is 6.61 Å². The Morgan fingerprint density at radius 2 is 2.00 bits per heavy atom. The predicted octanol–water partition coefficient (Wildman–Crippen LogP) is 0.832. The summed E-state index contributed by atoms with van der Waals surface area (Å²) in [7, 11) is 0. The van der Waals surface area contributed by atoms with Crippen molar-refractivity contribution >= 4 is 5.91 Å². The van der Waals surface area contributed by atoms with Crippen LogP contribution in [0, 0.1) is 0 Å². The van der Waals surface area contributed by atoms with E-state index in [-0.39, 0.29) is 18.0 Å². The molecule has 4 nitrogen and oxygen atoms in total. The van der Waals surface area contributed by atoms with Crippen molar-refractivity contribution in [3.05, 3.63) is 0 Å². The molecule has 0 heterocycles. The van der Waals surface area contributed by atoms with Gasteiger partial charge in [-0.05, 0) is 27.2 Å². The van der Waals surface area contributed by atoms with Crippen molar-refractivity contribution in [2.24, 2.45) is 0 Å². The van der Waals surface area contributed by atoms with Gasteiger partial charge in [-0.3, -0.25) is 4.79 Å². The maximum Gasteiger partial charge on any atom is 0.236 e. The van der Waals surface area contributed by atoms with Crippen molar-refractivity contribution in [3.8, 4) is 0 Å². The van der Waals surface area contributed by atoms with Crippen LogP contribution in [0.15, 0.2) is 0 Å². The molecule has 0 aliphatic rings. The molecule has 2 N–H and O–H groups in total. The van der Waals surface area contributed by atoms with Gasteiger partial charge in [0.05, 0.1) is 13.2 Å². The first-order valence-corrected chi connectivity index (χ1v) is 4.67. The Balaban J connectivity index is 3.62. The van der Waals surface area contributed by atoms with Gasteiger partial charge in [-0.1, -0.05) is 6.92 Å². The van der Waals surface area contributed by atoms with E-state index in [2.05, 4.69) is 10.8 Å². The van der Waals surface area contributed by atoms with E-state index in [1.807, 2.05) is 27.7 Å². The van der Waals surface area contributed by atoms with E-state index in [0.717, 1.165) is 6.42 Å². The highest BCUT2D eigenvalue weighted by Crippen LogP contribution is 2.05. The van der Waals surface area contributed by atoms with Crippen molar-refractivity contribution < 1.29 is 9.63 Å². The number of hydroxylamine groups is 1. The number of nitrogens with one attached hydrogen (secondary N) is 2. The lowest BCUT2D eigenvalue weighted by Gasteiger charge is -2.24. The third-order valence-corrected chi connectivity index (χ3v) is 1.84. The molecule has 0 bridgehead atoms. The average Bonchev–Trinajstić information content (AvgIpc) is 2.04. The van der Waals surface area contributed by atoms with E-state index in [9.17, 15) is 4.79 Å². The molecule has 0 unspecified atom stereocenters. The number of hydrogen-bond donors (Lipinski definition) is 2. The minimum atomic E-state index is -0.134. The molecule has 13 heavy (non-hydrogen) atoms. The molecule has 0 aromatic heterocycles. The third-order valence-electron chi connectivity index (χ3n) is 1.84. The number of carbonyl (C=O) groups excluding carboxylic acids is 1. The second kappa shape index (κ2) is 5.94. The Morgan fingerprint density at radius 1 is 1.38 bits per heavy atom. The van der Waals surface area contributed by atoms with Gasteiger partial charge < -0.3 is 10.2 Å². The molecule has 0 rings (SSSR count). The molecule has 0 aromatic carbocycles. The highest BCUT2D eigenvalue weighted by atomic mass is 16.6. The van der Waals surface area contributed by atoms with Crippen molar-refractivity contribution in [3.63, 3.8) is 0 Å². The summed E-state index contributed by atoms with van der Waals surface area (Å²) in [6.45, 7) is 8.65. The van der Waals surface area contributed by atoms with Crippen molar-refractivity contribution in [2.75, 3.05) is 13.2 Å². The van der Waals surface area contributed by atoms with Gasteiger partial charge in [0.1, 0.15) is 0 Å². The second-order valence-electron chi connectivity index (χ2n) is 3.54. The maximum atomic E-state index is 11.2. The lowest BCUT2D eigenvalue weighted by atomic mass is 10.0. The maximum absolute atomic E-state index is 11.2. The number of hydrogen-bond acceptors (Lipinski definition) is 3. The van der Waals surface area contributed by atoms with Crippen LogP contribution in [0.4, 0.5) is 0 Å². The molecule has 1 amide bonds. The summed E-state index contributed by atoms with van der Waals surface area (Å²) < 4.78 is 0. The first kappa shape index (κ1) is 12.4. The van der Waals surface area contributed by atoms with Gasteiger partial charge in [0, 0.05) is 5.54 Å². The standard InChI is InChI=1S/C9H20N2O2/c1-5-9(3,4)11-8(12)7-10-13-6-2/h10H,5-7H2,1-4H3,(H,11,12). The first-order chi connectivity index (χ1) is 6.02. The van der Waals surface area contributed by atoms with Crippen LogP contribution in [-0.2, 0) is 9.63 Å². The Kier molecular flexibility index (Phi) is 5.66. The molecule has 0 spiro atoms. The normalized spacial score (nSPS) is 11.4. The van der Waals surface area contributed by atoms with Crippen molar-refractivity contribution in [1.82, 2.24) is 10.8 Å². The molecule has 0 atom stereocenters. The topological polar surface area (TPSA) is 50.4 Å². The van der Waals surface area contributed by atoms with Gasteiger partial charge in [0.2, 0.25) is 5.91 Å². The number of amides is 1. The second-order valence-corrected chi connectivity index (χ2v) is 3.54. The lowest BCUT2D eigenvalue weighted by molar-refractivity contribution is -0.124. The number of carbonyl (C=O) groups is 1. The summed E-state index contributed by atoms with van der Waals surface area (Å²) in [6.07, 6.45) is 0.910. The molecule has 0 saturated heterocycles. The molecule has 0 aliphatic carbocycles. The van der Waals surface area contributed by atoms with Gasteiger partial charge in [0.25, 0.3) is 0 Å². The van der Waals surface area contributed by atoms with Crippen LogP contribution in [0.1, 0.15) is 34.1 Å². The van der Waals surface area contributed by atoms with Gasteiger partial charge in [-0.25, -0.2) is 0 Å². The summed E-state index contributed by atoms with van der Waals surface area (Å²) >= 11 is 0. The van der Waals surface area contributed by atoms with E-state index in [4.69, 9.17) is 4.84 Å². The van der Waals surface area contributed by atoms with E-state index in [1.54, 1.807) is 0 Å². The van der Waals surface area contributed by atoms with E-state index >= 15 is 0 Å². The summed E-state index contributed by atoms with van der Waals surface area (Å²) in [5.41, 5.74) is 2.44. The molecule has 0 aromatic rings. The highest BCUT2D eigenvalue weighted by molar-refractivity contribution is 5.78. The summed E-state index contributed by atoms with van der Waals surface area (Å²) in [6, 6.07) is 0. The Bertz CT molecular complexity index is 158. The fourth-order valence-electron chi connectivity index (χ4n) is 0.729. The minimum absolute atomic E-state index is 0.0414. The zero-order valence-electron chi connectivity index (χ0n) is 8.94. The Hall–Kier alpha value is -0.610. The highest BCUT2D eigenvalue weighted by Gasteiger charge is 2.16. The lowest BCUT2D eigenvalue weighted by Crippen LogP contribution is -2.46. The Morgan fingerprint density at radius 3 is 2.46 bits per heavy atom. The van der Waals surface area contributed by atoms with Crippen LogP contribution in [0.25, 0.3) is 0 Å². The van der Waals surface area contributed by atoms with Gasteiger partial charge in [-0.15, -0.1) is 0 Å². The molecule has 0 radical (unpaired) electrons. The average molecular weight is 188 g/mol. The fraction of sp³-hybridized carbons (Fsp3) is 0.889. The summed E-state index contributed by atoms with van der Waals surface area (Å²) in [4.78, 5) is 16.1. The molecule has 0 fully saturated rings. The summed E-state index contributed by atoms with van der Waals surface area (Å²) in [5, 5.41) is 2.88. The van der Waals surface area contributed by atoms with Crippen LogP contribution < -0.4 is 10.8 Å². The predicted molar refractivity (Wildman–Crippen MR) is 52.1 cm³/mol. The zero-order chi connectivity index (χ0) is 10.3. The molecular weight excluding hydrogens is 168 g/mol. The van der Waals surface area contributed by atoms with Crippen LogP contribution in [0.3, 0.4) is 0 Å².